The molecule has 0 aliphatic rings. The van der Waals surface area contributed by atoms with Crippen LogP contribution in [0, 0.1) is 0 Å². The van der Waals surface area contributed by atoms with Crippen molar-refractivity contribution in [3.63, 3.8) is 0 Å². The molecule has 21 heavy (non-hydrogen) atoms. The third-order valence-corrected chi connectivity index (χ3v) is 3.34. The second-order valence-electron chi connectivity index (χ2n) is 5.12. The summed E-state index contributed by atoms with van der Waals surface area (Å²) in [6.45, 7) is 4.18. The molecule has 1 atom stereocenters. The minimum absolute atomic E-state index is 0.329. The quantitative estimate of drug-likeness (QED) is 0.539. The Labute approximate surface area is 126 Å². The molecule has 2 aromatic rings. The fourth-order valence-corrected chi connectivity index (χ4v) is 2.16. The molecule has 0 aliphatic heterocycles. The van der Waals surface area contributed by atoms with Crippen LogP contribution in [0.25, 0.3) is 0 Å². The number of hydrogen-bond acceptors (Lipinski definition) is 5. The van der Waals surface area contributed by atoms with Gasteiger partial charge in [0.15, 0.2) is 0 Å². The molecule has 1 aromatic carbocycles. The maximum atomic E-state index is 5.44. The number of benzene rings is 1. The SMILES string of the molecule is CCc1nc(NN)cc(NC(C)CCc2ccccc2)n1. The van der Waals surface area contributed by atoms with E-state index in [1.165, 1.54) is 5.56 Å². The summed E-state index contributed by atoms with van der Waals surface area (Å²) in [6.07, 6.45) is 2.87. The number of nitrogens with one attached hydrogen (secondary N) is 2. The summed E-state index contributed by atoms with van der Waals surface area (Å²) in [5.41, 5.74) is 3.94. The van der Waals surface area contributed by atoms with Gasteiger partial charge in [0.2, 0.25) is 0 Å². The number of aryl methyl sites for hydroxylation is 2. The maximum absolute atomic E-state index is 5.44. The fourth-order valence-electron chi connectivity index (χ4n) is 2.16. The Morgan fingerprint density at radius 3 is 2.52 bits per heavy atom. The van der Waals surface area contributed by atoms with Gasteiger partial charge >= 0.3 is 0 Å². The van der Waals surface area contributed by atoms with E-state index in [0.717, 1.165) is 30.9 Å². The molecule has 0 bridgehead atoms. The Morgan fingerprint density at radius 1 is 1.14 bits per heavy atom. The van der Waals surface area contributed by atoms with Gasteiger partial charge in [-0.3, -0.25) is 0 Å². The first-order valence-electron chi connectivity index (χ1n) is 7.36. The van der Waals surface area contributed by atoms with Crippen LogP contribution in [-0.2, 0) is 12.8 Å². The number of anilines is 2. The van der Waals surface area contributed by atoms with Crippen molar-refractivity contribution in [2.45, 2.75) is 39.2 Å². The van der Waals surface area contributed by atoms with E-state index < -0.39 is 0 Å². The molecular formula is C16H23N5. The minimum Gasteiger partial charge on any atom is -0.367 e. The molecule has 112 valence electrons. The number of hydrazine groups is 1. The predicted molar refractivity (Wildman–Crippen MR) is 87.1 cm³/mol. The molecule has 5 heteroatoms. The van der Waals surface area contributed by atoms with Crippen molar-refractivity contribution >= 4 is 11.6 Å². The van der Waals surface area contributed by atoms with Crippen LogP contribution in [0.1, 0.15) is 31.7 Å². The lowest BCUT2D eigenvalue weighted by Crippen LogP contribution is -2.18. The van der Waals surface area contributed by atoms with Gasteiger partial charge < -0.3 is 10.7 Å². The van der Waals surface area contributed by atoms with Gasteiger partial charge in [0, 0.05) is 18.5 Å². The summed E-state index contributed by atoms with van der Waals surface area (Å²) in [5, 5.41) is 3.41. The van der Waals surface area contributed by atoms with Crippen molar-refractivity contribution in [1.29, 1.82) is 0 Å². The van der Waals surface area contributed by atoms with Crippen LogP contribution in [0.3, 0.4) is 0 Å². The molecule has 0 saturated carbocycles. The van der Waals surface area contributed by atoms with E-state index in [2.05, 4.69) is 51.9 Å². The van der Waals surface area contributed by atoms with Crippen LogP contribution < -0.4 is 16.6 Å². The van der Waals surface area contributed by atoms with Crippen LogP contribution in [0.5, 0.6) is 0 Å². The molecule has 1 heterocycles. The monoisotopic (exact) mass is 285 g/mol. The average Bonchev–Trinajstić information content (AvgIpc) is 2.53. The molecule has 0 radical (unpaired) electrons. The molecule has 0 spiro atoms. The highest BCUT2D eigenvalue weighted by Gasteiger charge is 2.07. The maximum Gasteiger partial charge on any atom is 0.145 e. The van der Waals surface area contributed by atoms with Crippen molar-refractivity contribution in [2.75, 3.05) is 10.7 Å². The Kier molecular flexibility index (Phi) is 5.51. The van der Waals surface area contributed by atoms with Crippen molar-refractivity contribution in [3.8, 4) is 0 Å². The van der Waals surface area contributed by atoms with Gasteiger partial charge in [-0.05, 0) is 25.3 Å². The van der Waals surface area contributed by atoms with Gasteiger partial charge in [0.1, 0.15) is 17.5 Å². The van der Waals surface area contributed by atoms with Gasteiger partial charge in [0.05, 0.1) is 0 Å². The van der Waals surface area contributed by atoms with Crippen molar-refractivity contribution < 1.29 is 0 Å². The van der Waals surface area contributed by atoms with E-state index in [0.29, 0.717) is 11.9 Å². The topological polar surface area (TPSA) is 75.9 Å². The molecule has 4 N–H and O–H groups in total. The largest absolute Gasteiger partial charge is 0.367 e. The normalized spacial score (nSPS) is 12.0. The van der Waals surface area contributed by atoms with Gasteiger partial charge in [-0.1, -0.05) is 37.3 Å². The minimum atomic E-state index is 0.329. The Balaban J connectivity index is 1.94. The van der Waals surface area contributed by atoms with Crippen LogP contribution >= 0.6 is 0 Å². The van der Waals surface area contributed by atoms with Crippen molar-refractivity contribution in [1.82, 2.24) is 9.97 Å². The molecular weight excluding hydrogens is 262 g/mol. The smallest absolute Gasteiger partial charge is 0.145 e. The molecule has 1 unspecified atom stereocenters. The second-order valence-corrected chi connectivity index (χ2v) is 5.12. The fraction of sp³-hybridized carbons (Fsp3) is 0.375. The van der Waals surface area contributed by atoms with E-state index in [4.69, 9.17) is 5.84 Å². The number of nitrogens with two attached hydrogens (primary N) is 1. The Bertz CT molecular complexity index is 534. The summed E-state index contributed by atoms with van der Waals surface area (Å²) >= 11 is 0. The van der Waals surface area contributed by atoms with Crippen LogP contribution in [0.15, 0.2) is 36.4 Å². The lowest BCUT2D eigenvalue weighted by molar-refractivity contribution is 0.701. The first kappa shape index (κ1) is 15.3. The zero-order valence-corrected chi connectivity index (χ0v) is 12.6. The standard InChI is InChI=1S/C16H23N5/c1-3-14-19-15(11-16(20-14)21-17)18-12(2)9-10-13-7-5-4-6-8-13/h4-8,11-12H,3,9-10,17H2,1-2H3,(H2,18,19,20,21). The lowest BCUT2D eigenvalue weighted by atomic mass is 10.1. The van der Waals surface area contributed by atoms with E-state index >= 15 is 0 Å². The second kappa shape index (κ2) is 7.59. The van der Waals surface area contributed by atoms with E-state index in [1.807, 2.05) is 19.1 Å². The Hall–Kier alpha value is -2.14. The molecule has 5 nitrogen and oxygen atoms in total. The zero-order valence-electron chi connectivity index (χ0n) is 12.6. The number of hydrogen-bond donors (Lipinski definition) is 3. The third-order valence-electron chi connectivity index (χ3n) is 3.34. The summed E-state index contributed by atoms with van der Waals surface area (Å²) in [4.78, 5) is 8.76. The predicted octanol–water partition coefficient (Wildman–Crippen LogP) is 2.76. The van der Waals surface area contributed by atoms with Gasteiger partial charge in [-0.2, -0.15) is 0 Å². The highest BCUT2D eigenvalue weighted by molar-refractivity contribution is 5.47. The highest BCUT2D eigenvalue weighted by Crippen LogP contribution is 2.14. The van der Waals surface area contributed by atoms with Gasteiger partial charge in [0.25, 0.3) is 0 Å². The number of aromatic nitrogens is 2. The molecule has 0 amide bonds. The molecule has 2 rings (SSSR count). The molecule has 0 saturated heterocycles. The lowest BCUT2D eigenvalue weighted by Gasteiger charge is -2.15. The van der Waals surface area contributed by atoms with Crippen molar-refractivity contribution in [3.05, 3.63) is 47.8 Å². The Morgan fingerprint density at radius 2 is 1.86 bits per heavy atom. The summed E-state index contributed by atoms with van der Waals surface area (Å²) in [7, 11) is 0. The van der Waals surface area contributed by atoms with Crippen LogP contribution in [0.2, 0.25) is 0 Å². The zero-order chi connectivity index (χ0) is 15.1. The number of rotatable bonds is 7. The van der Waals surface area contributed by atoms with Gasteiger partial charge in [-0.25, -0.2) is 15.8 Å². The van der Waals surface area contributed by atoms with E-state index in [-0.39, 0.29) is 0 Å². The van der Waals surface area contributed by atoms with Crippen LogP contribution in [-0.4, -0.2) is 16.0 Å². The van der Waals surface area contributed by atoms with Crippen molar-refractivity contribution in [2.24, 2.45) is 5.84 Å². The first-order valence-corrected chi connectivity index (χ1v) is 7.36. The first-order chi connectivity index (χ1) is 10.2. The third kappa shape index (κ3) is 4.72. The highest BCUT2D eigenvalue weighted by atomic mass is 15.3. The average molecular weight is 285 g/mol. The van der Waals surface area contributed by atoms with Crippen LogP contribution in [0.4, 0.5) is 11.6 Å². The molecule has 0 aliphatic carbocycles. The van der Waals surface area contributed by atoms with E-state index in [1.54, 1.807) is 0 Å². The van der Waals surface area contributed by atoms with Gasteiger partial charge in [-0.15, -0.1) is 0 Å². The number of nitrogens with zero attached hydrogens (tertiary/aromatic N) is 2. The molecule has 1 aromatic heterocycles. The molecule has 0 fully saturated rings. The van der Waals surface area contributed by atoms with E-state index in [9.17, 15) is 0 Å². The summed E-state index contributed by atoms with van der Waals surface area (Å²) in [5.74, 6) is 7.67. The number of nitrogen functional groups attached to an aromatic ring is 1. The summed E-state index contributed by atoms with van der Waals surface area (Å²) in [6, 6.07) is 12.7. The summed E-state index contributed by atoms with van der Waals surface area (Å²) < 4.78 is 0.